The molecular formula is C19H24N4O4. The van der Waals surface area contributed by atoms with Gasteiger partial charge in [-0.3, -0.25) is 14.4 Å². The first-order valence-electron chi connectivity index (χ1n) is 9.15. The molecule has 1 aromatic carbocycles. The summed E-state index contributed by atoms with van der Waals surface area (Å²) in [7, 11) is 0. The summed E-state index contributed by atoms with van der Waals surface area (Å²) in [5, 5.41) is 3.87. The molecule has 2 heterocycles. The molecule has 1 N–H and O–H groups in total. The van der Waals surface area contributed by atoms with Crippen LogP contribution in [-0.2, 0) is 14.4 Å². The number of nitrogens with zero attached hydrogens (tertiary/aromatic N) is 3. The van der Waals surface area contributed by atoms with Crippen LogP contribution in [0.4, 0.5) is 0 Å². The van der Waals surface area contributed by atoms with Crippen LogP contribution in [0, 0.1) is 6.92 Å². The molecule has 1 saturated heterocycles. The lowest BCUT2D eigenvalue weighted by Gasteiger charge is -2.23. The molecule has 2 aliphatic rings. The number of benzene rings is 1. The highest BCUT2D eigenvalue weighted by Crippen LogP contribution is 2.16. The van der Waals surface area contributed by atoms with E-state index >= 15 is 0 Å². The van der Waals surface area contributed by atoms with Crippen LogP contribution in [-0.4, -0.2) is 66.0 Å². The molecule has 3 amide bonds. The summed E-state index contributed by atoms with van der Waals surface area (Å²) in [6, 6.07) is 7.58. The highest BCUT2D eigenvalue weighted by molar-refractivity contribution is 6.39. The van der Waals surface area contributed by atoms with Crippen molar-refractivity contribution < 1.29 is 19.1 Å². The summed E-state index contributed by atoms with van der Waals surface area (Å²) >= 11 is 0. The highest BCUT2D eigenvalue weighted by atomic mass is 16.5. The third kappa shape index (κ3) is 4.84. The molecule has 3 rings (SSSR count). The highest BCUT2D eigenvalue weighted by Gasteiger charge is 2.26. The summed E-state index contributed by atoms with van der Waals surface area (Å²) in [6.45, 7) is 3.98. The van der Waals surface area contributed by atoms with Gasteiger partial charge in [-0.2, -0.15) is 5.10 Å². The number of hydrogen-bond donors (Lipinski definition) is 1. The Labute approximate surface area is 158 Å². The van der Waals surface area contributed by atoms with E-state index in [9.17, 15) is 14.4 Å². The van der Waals surface area contributed by atoms with Crippen molar-refractivity contribution >= 4 is 23.4 Å². The number of hydrogen-bond acceptors (Lipinski definition) is 5. The molecule has 1 aromatic rings. The first-order valence-corrected chi connectivity index (χ1v) is 9.15. The lowest BCUT2D eigenvalue weighted by molar-refractivity contribution is -0.133. The van der Waals surface area contributed by atoms with Gasteiger partial charge in [-0.15, -0.1) is 0 Å². The Morgan fingerprint density at radius 3 is 2.59 bits per heavy atom. The summed E-state index contributed by atoms with van der Waals surface area (Å²) < 4.78 is 5.64. The molecule has 0 unspecified atom stereocenters. The lowest BCUT2D eigenvalue weighted by atomic mass is 10.1. The maximum atomic E-state index is 12.6. The van der Waals surface area contributed by atoms with Crippen molar-refractivity contribution in [1.82, 2.24) is 15.2 Å². The standard InChI is InChI=1S/C19H24N4O4/c1-14-5-2-3-6-16(14)27-13-18(25)22-9-4-10-23(12-11-22)19(26)15-7-8-17(24)21-20-15/h2-3,5-6H,4,7-13H2,1H3,(H,21,24). The largest absolute Gasteiger partial charge is 0.484 e. The molecule has 144 valence electrons. The van der Waals surface area contributed by atoms with Gasteiger partial charge in [0.25, 0.3) is 11.8 Å². The average molecular weight is 372 g/mol. The predicted molar refractivity (Wildman–Crippen MR) is 99.3 cm³/mol. The number of carbonyl (C=O) groups excluding carboxylic acids is 3. The topological polar surface area (TPSA) is 91.3 Å². The van der Waals surface area contributed by atoms with E-state index in [1.807, 2.05) is 31.2 Å². The Balaban J connectivity index is 1.52. The van der Waals surface area contributed by atoms with Crippen molar-refractivity contribution in [3.8, 4) is 5.75 Å². The lowest BCUT2D eigenvalue weighted by Crippen LogP contribution is -2.43. The monoisotopic (exact) mass is 372 g/mol. The zero-order valence-electron chi connectivity index (χ0n) is 15.4. The average Bonchev–Trinajstić information content (AvgIpc) is 2.93. The van der Waals surface area contributed by atoms with Crippen molar-refractivity contribution in [2.45, 2.75) is 26.2 Å². The Kier molecular flexibility index (Phi) is 6.05. The molecule has 0 aliphatic carbocycles. The molecule has 8 heteroatoms. The van der Waals surface area contributed by atoms with E-state index in [0.717, 1.165) is 5.56 Å². The summed E-state index contributed by atoms with van der Waals surface area (Å²) in [6.07, 6.45) is 1.33. The van der Waals surface area contributed by atoms with E-state index in [-0.39, 0.29) is 30.7 Å². The van der Waals surface area contributed by atoms with Crippen molar-refractivity contribution in [2.24, 2.45) is 5.10 Å². The number of hydrazone groups is 1. The Morgan fingerprint density at radius 2 is 1.85 bits per heavy atom. The minimum Gasteiger partial charge on any atom is -0.484 e. The van der Waals surface area contributed by atoms with Gasteiger partial charge in [-0.1, -0.05) is 18.2 Å². The minimum atomic E-state index is -0.173. The molecule has 0 bridgehead atoms. The molecule has 27 heavy (non-hydrogen) atoms. The normalized spacial score (nSPS) is 17.7. The van der Waals surface area contributed by atoms with Gasteiger partial charge in [-0.25, -0.2) is 5.43 Å². The number of aryl methyl sites for hydroxylation is 1. The number of ether oxygens (including phenoxy) is 1. The van der Waals surface area contributed by atoms with E-state index in [0.29, 0.717) is 50.5 Å². The quantitative estimate of drug-likeness (QED) is 0.842. The maximum absolute atomic E-state index is 12.6. The molecular weight excluding hydrogens is 348 g/mol. The molecule has 0 radical (unpaired) electrons. The van der Waals surface area contributed by atoms with Crippen LogP contribution in [0.2, 0.25) is 0 Å². The Bertz CT molecular complexity index is 762. The van der Waals surface area contributed by atoms with Crippen molar-refractivity contribution in [3.05, 3.63) is 29.8 Å². The number of carbonyl (C=O) groups is 3. The number of rotatable bonds is 4. The van der Waals surface area contributed by atoms with Gasteiger partial charge in [0.1, 0.15) is 11.5 Å². The number of para-hydroxylation sites is 1. The second-order valence-electron chi connectivity index (χ2n) is 6.67. The fourth-order valence-corrected chi connectivity index (χ4v) is 3.13. The summed E-state index contributed by atoms with van der Waals surface area (Å²) in [5.74, 6) is 0.276. The zero-order chi connectivity index (χ0) is 19.2. The third-order valence-corrected chi connectivity index (χ3v) is 4.73. The van der Waals surface area contributed by atoms with Crippen LogP contribution in [0.25, 0.3) is 0 Å². The van der Waals surface area contributed by atoms with Crippen LogP contribution in [0.1, 0.15) is 24.8 Å². The second-order valence-corrected chi connectivity index (χ2v) is 6.67. The zero-order valence-corrected chi connectivity index (χ0v) is 15.4. The van der Waals surface area contributed by atoms with Gasteiger partial charge in [0.15, 0.2) is 6.61 Å². The second kappa shape index (κ2) is 8.66. The minimum absolute atomic E-state index is 0.0163. The Hall–Kier alpha value is -2.90. The van der Waals surface area contributed by atoms with Gasteiger partial charge >= 0.3 is 0 Å². The van der Waals surface area contributed by atoms with Crippen LogP contribution >= 0.6 is 0 Å². The van der Waals surface area contributed by atoms with E-state index in [1.165, 1.54) is 0 Å². The summed E-state index contributed by atoms with van der Waals surface area (Å²) in [5.41, 5.74) is 3.71. The summed E-state index contributed by atoms with van der Waals surface area (Å²) in [4.78, 5) is 39.6. The smallest absolute Gasteiger partial charge is 0.270 e. The SMILES string of the molecule is Cc1ccccc1OCC(=O)N1CCCN(C(=O)C2=NNC(=O)CC2)CC1. The van der Waals surface area contributed by atoms with Crippen molar-refractivity contribution in [2.75, 3.05) is 32.8 Å². The van der Waals surface area contributed by atoms with Crippen LogP contribution < -0.4 is 10.2 Å². The van der Waals surface area contributed by atoms with Crippen molar-refractivity contribution in [3.63, 3.8) is 0 Å². The molecule has 0 spiro atoms. The maximum Gasteiger partial charge on any atom is 0.270 e. The third-order valence-electron chi connectivity index (χ3n) is 4.73. The van der Waals surface area contributed by atoms with Crippen molar-refractivity contribution in [1.29, 1.82) is 0 Å². The fourth-order valence-electron chi connectivity index (χ4n) is 3.13. The first-order chi connectivity index (χ1) is 13.0. The molecule has 0 atom stereocenters. The van der Waals surface area contributed by atoms with E-state index in [1.54, 1.807) is 9.80 Å². The molecule has 0 aromatic heterocycles. The van der Waals surface area contributed by atoms with Gasteiger partial charge < -0.3 is 14.5 Å². The number of nitrogens with one attached hydrogen (secondary N) is 1. The molecule has 2 aliphatic heterocycles. The van der Waals surface area contributed by atoms with Gasteiger partial charge in [0, 0.05) is 39.0 Å². The van der Waals surface area contributed by atoms with Crippen LogP contribution in [0.3, 0.4) is 0 Å². The first kappa shape index (κ1) is 18.9. The molecule has 0 saturated carbocycles. The van der Waals surface area contributed by atoms with Gasteiger partial charge in [0.05, 0.1) is 0 Å². The van der Waals surface area contributed by atoms with Gasteiger partial charge in [-0.05, 0) is 25.0 Å². The number of amides is 3. The Morgan fingerprint density at radius 1 is 1.11 bits per heavy atom. The molecule has 8 nitrogen and oxygen atoms in total. The van der Waals surface area contributed by atoms with E-state index in [2.05, 4.69) is 10.5 Å². The van der Waals surface area contributed by atoms with Crippen LogP contribution in [0.5, 0.6) is 5.75 Å². The van der Waals surface area contributed by atoms with Crippen LogP contribution in [0.15, 0.2) is 29.4 Å². The van der Waals surface area contributed by atoms with E-state index < -0.39 is 0 Å². The van der Waals surface area contributed by atoms with Gasteiger partial charge in [0.2, 0.25) is 5.91 Å². The fraction of sp³-hybridized carbons (Fsp3) is 0.474. The van der Waals surface area contributed by atoms with E-state index in [4.69, 9.17) is 4.74 Å². The predicted octanol–water partition coefficient (Wildman–Crippen LogP) is 0.701. The molecule has 1 fully saturated rings.